The van der Waals surface area contributed by atoms with E-state index in [0.29, 0.717) is 5.75 Å². The predicted octanol–water partition coefficient (Wildman–Crippen LogP) is 2.97. The second kappa shape index (κ2) is 5.41. The second-order valence-electron chi connectivity index (χ2n) is 4.15. The van der Waals surface area contributed by atoms with Crippen LogP contribution in [0.1, 0.15) is 0 Å². The molecule has 2 aromatic heterocycles. The van der Waals surface area contributed by atoms with Gasteiger partial charge in [0.15, 0.2) is 0 Å². The van der Waals surface area contributed by atoms with Gasteiger partial charge in [-0.05, 0) is 30.3 Å². The lowest BCUT2D eigenvalue weighted by Gasteiger charge is -2.07. The summed E-state index contributed by atoms with van der Waals surface area (Å²) in [5, 5.41) is 15.0. The minimum absolute atomic E-state index is 0.154. The van der Waals surface area contributed by atoms with Gasteiger partial charge in [-0.2, -0.15) is 5.10 Å². The molecular weight excluding hydrogens is 272 g/mol. The van der Waals surface area contributed by atoms with Crippen molar-refractivity contribution < 1.29 is 9.66 Å². The van der Waals surface area contributed by atoms with Crippen molar-refractivity contribution in [3.8, 4) is 17.2 Å². The quantitative estimate of drug-likeness (QED) is 0.542. The van der Waals surface area contributed by atoms with Gasteiger partial charge < -0.3 is 4.74 Å². The molecule has 0 unspecified atom stereocenters. The number of nitrogens with zero attached hydrogens (tertiary/aromatic N) is 4. The van der Waals surface area contributed by atoms with Crippen molar-refractivity contribution >= 4 is 5.69 Å². The highest BCUT2D eigenvalue weighted by Crippen LogP contribution is 2.30. The fourth-order valence-corrected chi connectivity index (χ4v) is 1.81. The summed E-state index contributed by atoms with van der Waals surface area (Å²) in [6.07, 6.45) is 6.11. The molecule has 0 spiro atoms. The van der Waals surface area contributed by atoms with Gasteiger partial charge in [-0.15, -0.1) is 0 Å². The Labute approximate surface area is 119 Å². The van der Waals surface area contributed by atoms with Crippen LogP contribution in [-0.4, -0.2) is 19.7 Å². The minimum atomic E-state index is -0.527. The molecule has 0 bridgehead atoms. The third kappa shape index (κ3) is 2.71. The smallest absolute Gasteiger partial charge is 0.329 e. The molecule has 3 rings (SSSR count). The van der Waals surface area contributed by atoms with Crippen LogP contribution in [0.4, 0.5) is 5.69 Å². The van der Waals surface area contributed by atoms with E-state index in [4.69, 9.17) is 4.74 Å². The highest BCUT2D eigenvalue weighted by molar-refractivity contribution is 5.47. The average Bonchev–Trinajstić information content (AvgIpc) is 3.03. The van der Waals surface area contributed by atoms with Crippen molar-refractivity contribution in [2.75, 3.05) is 0 Å². The summed E-state index contributed by atoms with van der Waals surface area (Å²) in [4.78, 5) is 14.1. The van der Waals surface area contributed by atoms with Crippen molar-refractivity contribution in [1.82, 2.24) is 14.8 Å². The molecule has 2 heterocycles. The number of rotatable bonds is 4. The van der Waals surface area contributed by atoms with Crippen molar-refractivity contribution in [2.45, 2.75) is 0 Å². The van der Waals surface area contributed by atoms with Crippen LogP contribution < -0.4 is 4.74 Å². The van der Waals surface area contributed by atoms with E-state index in [1.54, 1.807) is 23.0 Å². The Kier molecular flexibility index (Phi) is 3.30. The zero-order chi connectivity index (χ0) is 14.7. The van der Waals surface area contributed by atoms with Crippen LogP contribution in [0, 0.1) is 10.1 Å². The summed E-state index contributed by atoms with van der Waals surface area (Å²) in [5.74, 6) is 0.655. The highest BCUT2D eigenvalue weighted by atomic mass is 16.6. The molecule has 0 saturated carbocycles. The summed E-state index contributed by atoms with van der Waals surface area (Å²) in [6, 6.07) is 10.4. The monoisotopic (exact) mass is 282 g/mol. The van der Waals surface area contributed by atoms with Crippen LogP contribution in [0.25, 0.3) is 5.69 Å². The first-order valence-electron chi connectivity index (χ1n) is 6.10. The third-order valence-corrected chi connectivity index (χ3v) is 2.79. The van der Waals surface area contributed by atoms with Gasteiger partial charge in [0, 0.05) is 24.7 Å². The van der Waals surface area contributed by atoms with E-state index in [-0.39, 0.29) is 11.4 Å². The van der Waals surface area contributed by atoms with Crippen LogP contribution >= 0.6 is 0 Å². The van der Waals surface area contributed by atoms with E-state index in [2.05, 4.69) is 10.1 Å². The molecule has 0 fully saturated rings. The molecule has 0 N–H and O–H groups in total. The zero-order valence-corrected chi connectivity index (χ0v) is 10.8. The first kappa shape index (κ1) is 12.8. The normalized spacial score (nSPS) is 10.3. The highest BCUT2D eigenvalue weighted by Gasteiger charge is 2.15. The number of nitro groups is 1. The maximum atomic E-state index is 10.9. The molecule has 0 aliphatic heterocycles. The molecule has 7 heteroatoms. The lowest BCUT2D eigenvalue weighted by atomic mass is 10.3. The van der Waals surface area contributed by atoms with E-state index < -0.39 is 4.92 Å². The van der Waals surface area contributed by atoms with E-state index >= 15 is 0 Å². The first-order valence-corrected chi connectivity index (χ1v) is 6.10. The summed E-state index contributed by atoms with van der Waals surface area (Å²) in [6.45, 7) is 0. The molecule has 0 aliphatic rings. The van der Waals surface area contributed by atoms with Crippen LogP contribution in [0.3, 0.4) is 0 Å². The van der Waals surface area contributed by atoms with Gasteiger partial charge in [0.2, 0.25) is 5.75 Å². The van der Waals surface area contributed by atoms with Gasteiger partial charge in [-0.25, -0.2) is 4.68 Å². The molecule has 0 aliphatic carbocycles. The maximum Gasteiger partial charge on any atom is 0.329 e. The Hall–Kier alpha value is -3.22. The SMILES string of the molecule is O=[N+]([O-])c1cnccc1Oc1ccc(-n2cccn2)cc1. The van der Waals surface area contributed by atoms with Crippen LogP contribution in [-0.2, 0) is 0 Å². The Bertz CT molecular complexity index is 754. The van der Waals surface area contributed by atoms with Crippen LogP contribution in [0.15, 0.2) is 61.2 Å². The van der Waals surface area contributed by atoms with Gasteiger partial charge in [0.25, 0.3) is 0 Å². The average molecular weight is 282 g/mol. The van der Waals surface area contributed by atoms with Crippen molar-refractivity contribution in [3.05, 3.63) is 71.3 Å². The van der Waals surface area contributed by atoms with Crippen molar-refractivity contribution in [2.24, 2.45) is 0 Å². The van der Waals surface area contributed by atoms with Gasteiger partial charge in [-0.3, -0.25) is 15.1 Å². The van der Waals surface area contributed by atoms with Crippen molar-refractivity contribution in [3.63, 3.8) is 0 Å². The number of aromatic nitrogens is 3. The second-order valence-corrected chi connectivity index (χ2v) is 4.15. The number of benzene rings is 1. The van der Waals surface area contributed by atoms with Gasteiger partial charge in [0.05, 0.1) is 10.6 Å². The summed E-state index contributed by atoms with van der Waals surface area (Å²) in [5.41, 5.74) is 0.699. The van der Waals surface area contributed by atoms with Gasteiger partial charge in [-0.1, -0.05) is 0 Å². The molecule has 104 valence electrons. The number of hydrogen-bond acceptors (Lipinski definition) is 5. The lowest BCUT2D eigenvalue weighted by Crippen LogP contribution is -1.95. The van der Waals surface area contributed by atoms with E-state index in [1.807, 2.05) is 24.4 Å². The fourth-order valence-electron chi connectivity index (χ4n) is 1.81. The first-order chi connectivity index (χ1) is 10.2. The summed E-state index contributed by atoms with van der Waals surface area (Å²) < 4.78 is 7.24. The molecule has 0 radical (unpaired) electrons. The molecule has 0 amide bonds. The Balaban J connectivity index is 1.84. The molecule has 7 nitrogen and oxygen atoms in total. The molecule has 0 saturated heterocycles. The fraction of sp³-hybridized carbons (Fsp3) is 0. The Morgan fingerprint density at radius 3 is 2.62 bits per heavy atom. The van der Waals surface area contributed by atoms with E-state index in [0.717, 1.165) is 11.9 Å². The maximum absolute atomic E-state index is 10.9. The summed E-state index contributed by atoms with van der Waals surface area (Å²) >= 11 is 0. The van der Waals surface area contributed by atoms with Crippen LogP contribution in [0.5, 0.6) is 11.5 Å². The standard InChI is InChI=1S/C14H10N4O3/c19-18(20)13-10-15-8-6-14(13)21-12-4-2-11(3-5-12)17-9-1-7-16-17/h1-10H. The molecule has 0 atom stereocenters. The molecule has 3 aromatic rings. The number of hydrogen-bond donors (Lipinski definition) is 0. The molecule has 21 heavy (non-hydrogen) atoms. The predicted molar refractivity (Wildman–Crippen MR) is 74.5 cm³/mol. The van der Waals surface area contributed by atoms with Crippen molar-refractivity contribution in [1.29, 1.82) is 0 Å². The minimum Gasteiger partial charge on any atom is -0.450 e. The van der Waals surface area contributed by atoms with E-state index in [1.165, 1.54) is 12.3 Å². The number of pyridine rings is 1. The summed E-state index contributed by atoms with van der Waals surface area (Å²) in [7, 11) is 0. The van der Waals surface area contributed by atoms with Crippen LogP contribution in [0.2, 0.25) is 0 Å². The van der Waals surface area contributed by atoms with E-state index in [9.17, 15) is 10.1 Å². The third-order valence-electron chi connectivity index (χ3n) is 2.79. The Morgan fingerprint density at radius 2 is 1.95 bits per heavy atom. The molecule has 1 aromatic carbocycles. The zero-order valence-electron chi connectivity index (χ0n) is 10.8. The largest absolute Gasteiger partial charge is 0.450 e. The van der Waals surface area contributed by atoms with Gasteiger partial charge in [0.1, 0.15) is 11.9 Å². The topological polar surface area (TPSA) is 83.1 Å². The van der Waals surface area contributed by atoms with Gasteiger partial charge >= 0.3 is 5.69 Å². The lowest BCUT2D eigenvalue weighted by molar-refractivity contribution is -0.386. The number of ether oxygens (including phenoxy) is 1. The Morgan fingerprint density at radius 1 is 1.14 bits per heavy atom. The molecular formula is C14H10N4O3.